The number of thioether (sulfide) groups is 1. The highest BCUT2D eigenvalue weighted by Gasteiger charge is 2.33. The van der Waals surface area contributed by atoms with E-state index in [4.69, 9.17) is 12.2 Å². The van der Waals surface area contributed by atoms with Crippen molar-refractivity contribution >= 4 is 46.2 Å². The van der Waals surface area contributed by atoms with Crippen molar-refractivity contribution < 1.29 is 9.59 Å². The van der Waals surface area contributed by atoms with Crippen molar-refractivity contribution in [1.29, 1.82) is 0 Å². The van der Waals surface area contributed by atoms with Gasteiger partial charge in [-0.3, -0.25) is 20.0 Å². The fraction of sp³-hybridized carbons (Fsp3) is 0. The number of rotatable bonds is 3. The molecule has 1 fully saturated rings. The number of aromatic nitrogens is 1. The van der Waals surface area contributed by atoms with E-state index in [1.54, 1.807) is 18.2 Å². The highest BCUT2D eigenvalue weighted by Crippen LogP contribution is 2.31. The maximum absolute atomic E-state index is 12.4. The van der Waals surface area contributed by atoms with Crippen LogP contribution in [0.2, 0.25) is 0 Å². The van der Waals surface area contributed by atoms with E-state index < -0.39 is 5.91 Å². The third-order valence-electron chi connectivity index (χ3n) is 3.05. The predicted octanol–water partition coefficient (Wildman–Crippen LogP) is 2.63. The molecule has 1 aromatic heterocycles. The number of nitrogens with zero attached hydrogens (tertiary/aromatic N) is 2. The topological polar surface area (TPSA) is 62.3 Å². The summed E-state index contributed by atoms with van der Waals surface area (Å²) in [6.07, 6.45) is 4.76. The summed E-state index contributed by atoms with van der Waals surface area (Å²) in [5, 5.41) is 1.09. The Balaban J connectivity index is 1.77. The summed E-state index contributed by atoms with van der Waals surface area (Å²) in [6.45, 7) is 0. The molecule has 1 aliphatic heterocycles. The van der Waals surface area contributed by atoms with E-state index in [9.17, 15) is 9.59 Å². The lowest BCUT2D eigenvalue weighted by molar-refractivity contribution is -0.123. The molecule has 5 nitrogen and oxygen atoms in total. The average Bonchev–Trinajstić information content (AvgIpc) is 2.84. The number of hydrazine groups is 1. The van der Waals surface area contributed by atoms with Gasteiger partial charge in [0.15, 0.2) is 4.32 Å². The molecular formula is C16H11N3O2S2. The second kappa shape index (κ2) is 6.72. The van der Waals surface area contributed by atoms with Crippen molar-refractivity contribution in [2.45, 2.75) is 0 Å². The number of amides is 2. The lowest BCUT2D eigenvalue weighted by atomic mass is 10.2. The molecule has 23 heavy (non-hydrogen) atoms. The molecule has 0 radical (unpaired) electrons. The molecule has 0 saturated carbocycles. The first-order chi connectivity index (χ1) is 11.1. The van der Waals surface area contributed by atoms with Crippen LogP contribution in [0.25, 0.3) is 6.08 Å². The van der Waals surface area contributed by atoms with Gasteiger partial charge in [0, 0.05) is 18.0 Å². The van der Waals surface area contributed by atoms with Crippen molar-refractivity contribution in [3.63, 3.8) is 0 Å². The van der Waals surface area contributed by atoms with Crippen LogP contribution in [0.15, 0.2) is 59.8 Å². The third-order valence-corrected chi connectivity index (χ3v) is 4.35. The predicted molar refractivity (Wildman–Crippen MR) is 93.2 cm³/mol. The van der Waals surface area contributed by atoms with E-state index in [0.717, 1.165) is 22.3 Å². The molecule has 2 heterocycles. The van der Waals surface area contributed by atoms with Crippen molar-refractivity contribution in [2.24, 2.45) is 0 Å². The molecule has 1 aromatic carbocycles. The Bertz CT molecular complexity index is 791. The summed E-state index contributed by atoms with van der Waals surface area (Å²) in [7, 11) is 0. The van der Waals surface area contributed by atoms with Gasteiger partial charge in [-0.05, 0) is 36.0 Å². The second-order valence-electron chi connectivity index (χ2n) is 4.60. The number of pyridine rings is 1. The number of hydrogen-bond acceptors (Lipinski definition) is 5. The zero-order chi connectivity index (χ0) is 16.2. The maximum atomic E-state index is 12.4. The van der Waals surface area contributed by atoms with Gasteiger partial charge in [-0.2, -0.15) is 5.01 Å². The maximum Gasteiger partial charge on any atom is 0.285 e. The van der Waals surface area contributed by atoms with Gasteiger partial charge in [0.05, 0.1) is 4.91 Å². The summed E-state index contributed by atoms with van der Waals surface area (Å²) in [6, 6.07) is 12.6. The van der Waals surface area contributed by atoms with Crippen LogP contribution in [0.1, 0.15) is 15.9 Å². The van der Waals surface area contributed by atoms with Crippen LogP contribution < -0.4 is 5.43 Å². The van der Waals surface area contributed by atoms with Gasteiger partial charge in [0.1, 0.15) is 0 Å². The first kappa shape index (κ1) is 15.4. The number of hydrogen-bond donors (Lipinski definition) is 1. The van der Waals surface area contributed by atoms with Crippen LogP contribution in [0.4, 0.5) is 0 Å². The highest BCUT2D eigenvalue weighted by atomic mass is 32.2. The summed E-state index contributed by atoms with van der Waals surface area (Å²) < 4.78 is 0.291. The molecular weight excluding hydrogens is 330 g/mol. The van der Waals surface area contributed by atoms with Crippen molar-refractivity contribution in [2.75, 3.05) is 0 Å². The van der Waals surface area contributed by atoms with E-state index in [1.165, 1.54) is 12.4 Å². The molecule has 0 spiro atoms. The molecule has 2 amide bonds. The van der Waals surface area contributed by atoms with Gasteiger partial charge in [-0.15, -0.1) is 0 Å². The Morgan fingerprint density at radius 3 is 2.57 bits per heavy atom. The van der Waals surface area contributed by atoms with Crippen LogP contribution in [-0.2, 0) is 4.79 Å². The second-order valence-corrected chi connectivity index (χ2v) is 6.28. The zero-order valence-electron chi connectivity index (χ0n) is 11.8. The number of benzene rings is 1. The summed E-state index contributed by atoms with van der Waals surface area (Å²) >= 11 is 6.33. The largest absolute Gasteiger partial charge is 0.285 e. The Morgan fingerprint density at radius 2 is 1.87 bits per heavy atom. The van der Waals surface area contributed by atoms with Gasteiger partial charge < -0.3 is 0 Å². The van der Waals surface area contributed by atoms with Gasteiger partial charge in [-0.25, -0.2) is 0 Å². The van der Waals surface area contributed by atoms with Gasteiger partial charge in [0.25, 0.3) is 11.8 Å². The minimum absolute atomic E-state index is 0.291. The summed E-state index contributed by atoms with van der Waals surface area (Å²) in [5.74, 6) is -0.754. The molecule has 0 aliphatic carbocycles. The smallest absolute Gasteiger partial charge is 0.267 e. The molecule has 1 saturated heterocycles. The standard InChI is InChI=1S/C16H11N3O2S2/c20-14(12-6-8-17-9-7-12)18-19-15(21)13(23-16(19)22)10-11-4-2-1-3-5-11/h1-10H,(H,18,20). The van der Waals surface area contributed by atoms with Crippen LogP contribution in [0.3, 0.4) is 0 Å². The van der Waals surface area contributed by atoms with Crippen molar-refractivity contribution in [3.05, 3.63) is 70.9 Å². The third kappa shape index (κ3) is 3.46. The zero-order valence-corrected chi connectivity index (χ0v) is 13.4. The monoisotopic (exact) mass is 341 g/mol. The fourth-order valence-electron chi connectivity index (χ4n) is 1.93. The molecule has 2 aromatic rings. The van der Waals surface area contributed by atoms with E-state index in [2.05, 4.69) is 10.4 Å². The molecule has 3 rings (SSSR count). The number of thiocarbonyl (C=S) groups is 1. The molecule has 114 valence electrons. The molecule has 1 aliphatic rings. The van der Waals surface area contributed by atoms with Gasteiger partial charge in [-0.1, -0.05) is 42.1 Å². The Hall–Kier alpha value is -2.51. The van der Waals surface area contributed by atoms with E-state index >= 15 is 0 Å². The van der Waals surface area contributed by atoms with Crippen LogP contribution in [-0.4, -0.2) is 26.1 Å². The molecule has 7 heteroatoms. The minimum Gasteiger partial charge on any atom is -0.267 e. The van der Waals surface area contributed by atoms with Crippen LogP contribution >= 0.6 is 24.0 Å². The summed E-state index contributed by atoms with van der Waals surface area (Å²) in [4.78, 5) is 28.9. The van der Waals surface area contributed by atoms with Crippen LogP contribution in [0, 0.1) is 0 Å². The Labute approximate surface area is 142 Å². The number of nitrogens with one attached hydrogen (secondary N) is 1. The molecule has 1 N–H and O–H groups in total. The first-order valence-electron chi connectivity index (χ1n) is 6.69. The van der Waals surface area contributed by atoms with E-state index in [1.807, 2.05) is 30.3 Å². The SMILES string of the molecule is O=C(NN1C(=O)C(=Cc2ccccc2)SC1=S)c1ccncc1. The first-order valence-corrected chi connectivity index (χ1v) is 7.91. The average molecular weight is 341 g/mol. The minimum atomic E-state index is -0.412. The lowest BCUT2D eigenvalue weighted by Gasteiger charge is -2.15. The van der Waals surface area contributed by atoms with E-state index in [0.29, 0.717) is 14.8 Å². The number of carbonyl (C=O) groups excluding carboxylic acids is 2. The van der Waals surface area contributed by atoms with Crippen LogP contribution in [0.5, 0.6) is 0 Å². The molecule has 0 atom stereocenters. The van der Waals surface area contributed by atoms with Gasteiger partial charge >= 0.3 is 0 Å². The van der Waals surface area contributed by atoms with Gasteiger partial charge in [0.2, 0.25) is 0 Å². The molecule has 0 unspecified atom stereocenters. The summed E-state index contributed by atoms with van der Waals surface area (Å²) in [5.41, 5.74) is 3.83. The lowest BCUT2D eigenvalue weighted by Crippen LogP contribution is -2.44. The normalized spacial score (nSPS) is 16.0. The molecule has 0 bridgehead atoms. The van der Waals surface area contributed by atoms with Crippen molar-refractivity contribution in [1.82, 2.24) is 15.4 Å². The highest BCUT2D eigenvalue weighted by molar-refractivity contribution is 8.26. The quantitative estimate of drug-likeness (QED) is 0.687. The number of carbonyl (C=O) groups is 2. The Morgan fingerprint density at radius 1 is 1.17 bits per heavy atom. The fourth-order valence-corrected chi connectivity index (χ4v) is 3.11. The van der Waals surface area contributed by atoms with Crippen molar-refractivity contribution in [3.8, 4) is 0 Å². The Kier molecular flexibility index (Phi) is 4.50. The van der Waals surface area contributed by atoms with E-state index in [-0.39, 0.29) is 5.91 Å².